The summed E-state index contributed by atoms with van der Waals surface area (Å²) in [6.45, 7) is 4.65. The van der Waals surface area contributed by atoms with Gasteiger partial charge in [-0.25, -0.2) is 0 Å². The summed E-state index contributed by atoms with van der Waals surface area (Å²) in [4.78, 5) is 0. The second-order valence-electron chi connectivity index (χ2n) is 5.93. The molecule has 1 aromatic heterocycles. The van der Waals surface area contributed by atoms with Crippen LogP contribution in [0.5, 0.6) is 17.2 Å². The minimum Gasteiger partial charge on any atom is -0.485 e. The highest BCUT2D eigenvalue weighted by atomic mass is 16.6. The van der Waals surface area contributed by atoms with Crippen LogP contribution in [0.4, 0.5) is 0 Å². The van der Waals surface area contributed by atoms with E-state index in [0.717, 1.165) is 11.5 Å². The lowest BCUT2D eigenvalue weighted by Crippen LogP contribution is -2.21. The molecule has 1 aliphatic rings. The predicted molar refractivity (Wildman–Crippen MR) is 89.9 cm³/mol. The second kappa shape index (κ2) is 6.47. The molecule has 0 N–H and O–H groups in total. The molecular weight excluding hydrogens is 320 g/mol. The van der Waals surface area contributed by atoms with Crippen LogP contribution < -0.4 is 14.2 Å². The highest BCUT2D eigenvalue weighted by Gasteiger charge is 2.27. The monoisotopic (exact) mass is 338 g/mol. The molecule has 1 aliphatic heterocycles. The van der Waals surface area contributed by atoms with Gasteiger partial charge in [0.05, 0.1) is 0 Å². The third-order valence-electron chi connectivity index (χ3n) is 4.11. The van der Waals surface area contributed by atoms with E-state index in [0.29, 0.717) is 24.1 Å². The fourth-order valence-corrected chi connectivity index (χ4v) is 2.55. The second-order valence-corrected chi connectivity index (χ2v) is 5.93. The molecule has 0 aliphatic carbocycles. The van der Waals surface area contributed by atoms with Crippen molar-refractivity contribution in [1.29, 1.82) is 0 Å². The van der Waals surface area contributed by atoms with Crippen molar-refractivity contribution in [2.45, 2.75) is 26.6 Å². The molecule has 0 saturated carbocycles. The first-order valence-electron chi connectivity index (χ1n) is 8.10. The Bertz CT molecular complexity index is 891. The van der Waals surface area contributed by atoms with Gasteiger partial charge >= 0.3 is 0 Å². The molecule has 0 fully saturated rings. The summed E-state index contributed by atoms with van der Waals surface area (Å²) in [5, 5.41) is 8.08. The quantitative estimate of drug-likeness (QED) is 0.721. The Morgan fingerprint density at radius 2 is 1.88 bits per heavy atom. The zero-order valence-corrected chi connectivity index (χ0v) is 14.1. The van der Waals surface area contributed by atoms with Crippen molar-refractivity contribution in [3.8, 4) is 17.2 Å². The van der Waals surface area contributed by atoms with E-state index >= 15 is 0 Å². The Morgan fingerprint density at radius 1 is 1.04 bits per heavy atom. The topological polar surface area (TPSA) is 66.6 Å². The predicted octanol–water partition coefficient (Wildman–Crippen LogP) is 3.78. The normalized spacial score (nSPS) is 15.8. The molecule has 128 valence electrons. The van der Waals surface area contributed by atoms with E-state index in [9.17, 15) is 0 Å². The first-order chi connectivity index (χ1) is 12.2. The van der Waals surface area contributed by atoms with Crippen molar-refractivity contribution in [2.75, 3.05) is 6.61 Å². The molecule has 2 aromatic carbocycles. The fraction of sp³-hybridized carbons (Fsp3) is 0.263. The number of fused-ring (bicyclic) bond motifs is 1. The standard InChI is InChI=1S/C19H18N2O4/c1-12-7-8-14(9-13(12)2)22-11-18-20-21-19(25-18)17-10-23-15-5-3-4-6-16(15)24-17/h3-9,17H,10-11H2,1-2H3. The zero-order chi connectivity index (χ0) is 17.2. The minimum atomic E-state index is -0.419. The highest BCUT2D eigenvalue weighted by Crippen LogP contribution is 2.35. The van der Waals surface area contributed by atoms with Gasteiger partial charge in [0, 0.05) is 0 Å². The van der Waals surface area contributed by atoms with E-state index in [1.807, 2.05) is 49.4 Å². The number of rotatable bonds is 4. The van der Waals surface area contributed by atoms with Crippen molar-refractivity contribution in [3.63, 3.8) is 0 Å². The lowest BCUT2D eigenvalue weighted by Gasteiger charge is -2.23. The molecule has 3 aromatic rings. The molecule has 0 spiro atoms. The smallest absolute Gasteiger partial charge is 0.260 e. The van der Waals surface area contributed by atoms with Crippen molar-refractivity contribution >= 4 is 0 Å². The molecule has 1 atom stereocenters. The van der Waals surface area contributed by atoms with Gasteiger partial charge in [-0.2, -0.15) is 0 Å². The Morgan fingerprint density at radius 3 is 2.72 bits per heavy atom. The van der Waals surface area contributed by atoms with Gasteiger partial charge in [0.2, 0.25) is 6.10 Å². The summed E-state index contributed by atoms with van der Waals surface area (Å²) >= 11 is 0. The Hall–Kier alpha value is -3.02. The van der Waals surface area contributed by atoms with Gasteiger partial charge in [0.15, 0.2) is 18.1 Å². The van der Waals surface area contributed by atoms with Crippen LogP contribution in [0.1, 0.15) is 29.0 Å². The van der Waals surface area contributed by atoms with Crippen molar-refractivity contribution < 1.29 is 18.6 Å². The number of para-hydroxylation sites is 2. The van der Waals surface area contributed by atoms with E-state index in [-0.39, 0.29) is 6.61 Å². The number of hydrogen-bond donors (Lipinski definition) is 0. The maximum Gasteiger partial charge on any atom is 0.260 e. The summed E-state index contributed by atoms with van der Waals surface area (Å²) in [7, 11) is 0. The zero-order valence-electron chi connectivity index (χ0n) is 14.1. The average Bonchev–Trinajstić information content (AvgIpc) is 3.11. The molecule has 0 bridgehead atoms. The Kier molecular flexibility index (Phi) is 4.01. The number of aromatic nitrogens is 2. The highest BCUT2D eigenvalue weighted by molar-refractivity contribution is 5.40. The Labute approximate surface area is 145 Å². The molecule has 6 heteroatoms. The van der Waals surface area contributed by atoms with E-state index in [1.54, 1.807) is 0 Å². The van der Waals surface area contributed by atoms with Crippen LogP contribution >= 0.6 is 0 Å². The van der Waals surface area contributed by atoms with Crippen LogP contribution in [0, 0.1) is 13.8 Å². The van der Waals surface area contributed by atoms with Gasteiger partial charge in [0.25, 0.3) is 11.8 Å². The fourth-order valence-electron chi connectivity index (χ4n) is 2.55. The number of hydrogen-bond acceptors (Lipinski definition) is 6. The van der Waals surface area contributed by atoms with Gasteiger partial charge in [-0.05, 0) is 49.2 Å². The largest absolute Gasteiger partial charge is 0.485 e. The molecule has 4 rings (SSSR count). The molecule has 0 radical (unpaired) electrons. The van der Waals surface area contributed by atoms with Gasteiger partial charge in [-0.1, -0.05) is 18.2 Å². The molecule has 6 nitrogen and oxygen atoms in total. The summed E-state index contributed by atoms with van der Waals surface area (Å²) in [6.07, 6.45) is -0.419. The lowest BCUT2D eigenvalue weighted by atomic mass is 10.1. The van der Waals surface area contributed by atoms with Gasteiger partial charge in [-0.15, -0.1) is 10.2 Å². The van der Waals surface area contributed by atoms with Crippen LogP contribution in [0.3, 0.4) is 0 Å². The first-order valence-corrected chi connectivity index (χ1v) is 8.10. The third kappa shape index (κ3) is 3.28. The maximum absolute atomic E-state index is 5.86. The third-order valence-corrected chi connectivity index (χ3v) is 4.11. The molecule has 25 heavy (non-hydrogen) atoms. The summed E-state index contributed by atoms with van der Waals surface area (Å²) in [5.41, 5.74) is 2.40. The molecule has 0 amide bonds. The van der Waals surface area contributed by atoms with E-state index in [1.165, 1.54) is 11.1 Å². The van der Waals surface area contributed by atoms with E-state index in [2.05, 4.69) is 17.1 Å². The van der Waals surface area contributed by atoms with Crippen LogP contribution in [-0.2, 0) is 6.61 Å². The maximum atomic E-state index is 5.86. The number of aryl methyl sites for hydroxylation is 2. The van der Waals surface area contributed by atoms with Crippen LogP contribution in [0.2, 0.25) is 0 Å². The van der Waals surface area contributed by atoms with Crippen molar-refractivity contribution in [1.82, 2.24) is 10.2 Å². The number of benzene rings is 2. The molecule has 2 heterocycles. The van der Waals surface area contributed by atoms with Crippen LogP contribution in [0.25, 0.3) is 0 Å². The molecule has 1 unspecified atom stereocenters. The lowest BCUT2D eigenvalue weighted by molar-refractivity contribution is 0.0693. The van der Waals surface area contributed by atoms with Crippen molar-refractivity contribution in [3.05, 3.63) is 65.4 Å². The first kappa shape index (κ1) is 15.5. The average molecular weight is 338 g/mol. The van der Waals surface area contributed by atoms with Crippen LogP contribution in [0.15, 0.2) is 46.9 Å². The van der Waals surface area contributed by atoms with Gasteiger partial charge in [-0.3, -0.25) is 0 Å². The minimum absolute atomic E-state index is 0.208. The number of nitrogens with zero attached hydrogens (tertiary/aromatic N) is 2. The molecular formula is C19H18N2O4. The molecule has 0 saturated heterocycles. The SMILES string of the molecule is Cc1ccc(OCc2nnc(C3COc4ccccc4O3)o2)cc1C. The Balaban J connectivity index is 1.41. The van der Waals surface area contributed by atoms with Crippen molar-refractivity contribution in [2.24, 2.45) is 0 Å². The number of ether oxygens (including phenoxy) is 3. The van der Waals surface area contributed by atoms with Gasteiger partial charge < -0.3 is 18.6 Å². The van der Waals surface area contributed by atoms with Gasteiger partial charge in [0.1, 0.15) is 12.4 Å². The summed E-state index contributed by atoms with van der Waals surface area (Å²) in [5.74, 6) is 2.94. The van der Waals surface area contributed by atoms with E-state index in [4.69, 9.17) is 18.6 Å². The summed E-state index contributed by atoms with van der Waals surface area (Å²) in [6, 6.07) is 13.4. The van der Waals surface area contributed by atoms with E-state index < -0.39 is 6.10 Å². The van der Waals surface area contributed by atoms with Crippen LogP contribution in [-0.4, -0.2) is 16.8 Å². The summed E-state index contributed by atoms with van der Waals surface area (Å²) < 4.78 is 22.9.